The van der Waals surface area contributed by atoms with E-state index in [0.29, 0.717) is 43.5 Å². The van der Waals surface area contributed by atoms with Crippen molar-refractivity contribution in [2.45, 2.75) is 83.8 Å². The van der Waals surface area contributed by atoms with Crippen LogP contribution in [0.25, 0.3) is 10.9 Å². The molecule has 3 N–H and O–H groups in total. The fraction of sp³-hybridized carbons (Fsp3) is 0.514. The fourth-order valence-corrected chi connectivity index (χ4v) is 8.29. The number of para-hydroxylation sites is 2. The van der Waals surface area contributed by atoms with Gasteiger partial charge in [0.05, 0.1) is 18.7 Å². The maximum atomic E-state index is 14.0. The Morgan fingerprint density at radius 1 is 0.957 bits per heavy atom. The van der Waals surface area contributed by atoms with Crippen LogP contribution < -0.4 is 10.6 Å². The zero-order valence-corrected chi connectivity index (χ0v) is 27.1. The lowest BCUT2D eigenvalue weighted by Gasteiger charge is -2.53. The monoisotopic (exact) mass is 626 g/mol. The molecule has 1 unspecified atom stereocenters. The third-order valence-corrected chi connectivity index (χ3v) is 10.2. The molecular weight excluding hydrogens is 580 g/mol. The topological polar surface area (TPSA) is 122 Å². The molecule has 4 saturated carbocycles. The Labute approximate surface area is 270 Å². The normalized spacial score (nSPS) is 24.8. The zero-order chi connectivity index (χ0) is 32.3. The van der Waals surface area contributed by atoms with E-state index in [1.165, 1.54) is 6.42 Å². The number of nitrogens with zero attached hydrogens (tertiary/aromatic N) is 1. The highest BCUT2D eigenvalue weighted by Gasteiger charge is 2.50. The number of aromatic amines is 1. The van der Waals surface area contributed by atoms with Gasteiger partial charge in [0.1, 0.15) is 11.6 Å². The molecule has 9 nitrogen and oxygen atoms in total. The fourth-order valence-electron chi connectivity index (χ4n) is 8.29. The molecule has 1 heterocycles. The number of ether oxygens (including phenoxy) is 2. The first-order valence-corrected chi connectivity index (χ1v) is 16.8. The van der Waals surface area contributed by atoms with Gasteiger partial charge in [-0.1, -0.05) is 36.4 Å². The number of carbonyl (C=O) groups is 3. The van der Waals surface area contributed by atoms with Crippen molar-refractivity contribution in [3.8, 4) is 0 Å². The maximum absolute atomic E-state index is 14.0. The molecule has 2 aromatic carbocycles. The molecule has 4 aliphatic rings. The van der Waals surface area contributed by atoms with Gasteiger partial charge in [0.15, 0.2) is 0 Å². The highest BCUT2D eigenvalue weighted by molar-refractivity contribution is 5.99. The molecule has 46 heavy (non-hydrogen) atoms. The quantitative estimate of drug-likeness (QED) is 0.158. The number of hydrogen-bond acceptors (Lipinski definition) is 6. The van der Waals surface area contributed by atoms with E-state index in [1.807, 2.05) is 54.7 Å². The minimum Gasteiger partial charge on any atom is -0.466 e. The molecule has 9 heteroatoms. The van der Waals surface area contributed by atoms with Crippen LogP contribution in [0, 0.1) is 23.7 Å². The Bertz CT molecular complexity index is 1580. The summed E-state index contributed by atoms with van der Waals surface area (Å²) >= 11 is 0. The van der Waals surface area contributed by atoms with Gasteiger partial charge in [-0.25, -0.2) is 4.79 Å². The van der Waals surface area contributed by atoms with Crippen LogP contribution in [0.3, 0.4) is 0 Å². The van der Waals surface area contributed by atoms with Gasteiger partial charge < -0.3 is 25.1 Å². The van der Waals surface area contributed by atoms with Crippen molar-refractivity contribution in [3.63, 3.8) is 0 Å². The van der Waals surface area contributed by atoms with E-state index < -0.39 is 11.6 Å². The van der Waals surface area contributed by atoms with Crippen LogP contribution >= 0.6 is 0 Å². The second-order valence-corrected chi connectivity index (χ2v) is 13.8. The molecule has 7 rings (SSSR count). The molecule has 4 aliphatic carbocycles. The Morgan fingerprint density at radius 3 is 2.39 bits per heavy atom. The Balaban J connectivity index is 1.14. The Hall–Kier alpha value is -4.14. The minimum atomic E-state index is -1.25. The standard InChI is InChI=1S/C37H46N4O5/c1-4-45-33(42)15-23(2)40-31-11-7-5-9-26(31)13-14-38-35(43)37(3,21-29-22-39-32-12-8-6-10-30(29)32)41-36(44)46-34-27-17-24-16-25(19-27)20-28(34)18-24/h5-12,22,24-25,27-28,34,39H,4,13-21H2,1-3H3,(H,38,43)(H,41,44). The van der Waals surface area contributed by atoms with Gasteiger partial charge in [-0.3, -0.25) is 14.6 Å². The number of nitrogens with one attached hydrogen (secondary N) is 3. The number of carbonyl (C=O) groups excluding carboxylic acids is 3. The number of benzene rings is 2. The van der Waals surface area contributed by atoms with Crippen molar-refractivity contribution in [3.05, 3.63) is 65.9 Å². The summed E-state index contributed by atoms with van der Waals surface area (Å²) < 4.78 is 11.2. The molecule has 1 aromatic heterocycles. The van der Waals surface area contributed by atoms with Crippen molar-refractivity contribution in [1.29, 1.82) is 0 Å². The van der Waals surface area contributed by atoms with E-state index >= 15 is 0 Å². The van der Waals surface area contributed by atoms with Crippen molar-refractivity contribution < 1.29 is 23.9 Å². The number of aliphatic imine (C=N–C) groups is 1. The van der Waals surface area contributed by atoms with Gasteiger partial charge in [-0.2, -0.15) is 0 Å². The van der Waals surface area contributed by atoms with E-state index in [9.17, 15) is 14.4 Å². The van der Waals surface area contributed by atoms with Gasteiger partial charge >= 0.3 is 12.1 Å². The molecule has 244 valence electrons. The summed E-state index contributed by atoms with van der Waals surface area (Å²) in [5.41, 5.74) is 3.02. The lowest BCUT2D eigenvalue weighted by Crippen LogP contribution is -2.60. The molecule has 0 spiro atoms. The summed E-state index contributed by atoms with van der Waals surface area (Å²) in [7, 11) is 0. The Kier molecular flexibility index (Phi) is 9.47. The smallest absolute Gasteiger partial charge is 0.408 e. The summed E-state index contributed by atoms with van der Waals surface area (Å²) in [6.45, 7) is 6.04. The maximum Gasteiger partial charge on any atom is 0.408 e. The largest absolute Gasteiger partial charge is 0.466 e. The molecule has 0 saturated heterocycles. The summed E-state index contributed by atoms with van der Waals surface area (Å²) in [4.78, 5) is 47.4. The Morgan fingerprint density at radius 2 is 1.65 bits per heavy atom. The number of alkyl carbamates (subject to hydrolysis) is 1. The van der Waals surface area contributed by atoms with Gasteiger partial charge in [0.2, 0.25) is 5.91 Å². The van der Waals surface area contributed by atoms with Crippen LogP contribution in [0.2, 0.25) is 0 Å². The number of H-pyrrole nitrogens is 1. The number of amides is 2. The summed E-state index contributed by atoms with van der Waals surface area (Å²) in [5, 5.41) is 7.11. The van der Waals surface area contributed by atoms with E-state index in [4.69, 9.17) is 9.47 Å². The summed E-state index contributed by atoms with van der Waals surface area (Å²) in [5.74, 6) is 1.83. The highest BCUT2D eigenvalue weighted by atomic mass is 16.6. The van der Waals surface area contributed by atoms with E-state index in [-0.39, 0.29) is 24.4 Å². The third-order valence-electron chi connectivity index (χ3n) is 10.2. The lowest BCUT2D eigenvalue weighted by atomic mass is 9.55. The second kappa shape index (κ2) is 13.7. The predicted octanol–water partition coefficient (Wildman–Crippen LogP) is 6.42. The SMILES string of the molecule is CCOC(=O)CC(C)=Nc1ccccc1CCNC(=O)C(C)(Cc1c[nH]c2ccccc12)NC(=O)OC1C2CC3CC(C2)CC1C3. The van der Waals surface area contributed by atoms with Gasteiger partial charge in [0.25, 0.3) is 0 Å². The average molecular weight is 627 g/mol. The van der Waals surface area contributed by atoms with Crippen molar-refractivity contribution >= 4 is 40.3 Å². The van der Waals surface area contributed by atoms with Crippen LogP contribution in [0.1, 0.15) is 70.4 Å². The van der Waals surface area contributed by atoms with Gasteiger partial charge in [0, 0.05) is 35.8 Å². The van der Waals surface area contributed by atoms with Crippen LogP contribution in [0.15, 0.2) is 59.7 Å². The first-order valence-electron chi connectivity index (χ1n) is 16.8. The van der Waals surface area contributed by atoms with Gasteiger partial charge in [-0.05, 0) is 106 Å². The van der Waals surface area contributed by atoms with Crippen LogP contribution in [0.5, 0.6) is 0 Å². The summed E-state index contributed by atoms with van der Waals surface area (Å²) in [6, 6.07) is 15.7. The number of esters is 1. The van der Waals surface area contributed by atoms with Gasteiger partial charge in [-0.15, -0.1) is 0 Å². The van der Waals surface area contributed by atoms with E-state index in [0.717, 1.165) is 65.2 Å². The molecular formula is C37H46N4O5. The first-order chi connectivity index (χ1) is 22.2. The lowest BCUT2D eigenvalue weighted by molar-refractivity contribution is -0.141. The highest BCUT2D eigenvalue weighted by Crippen LogP contribution is 2.54. The molecule has 3 aromatic rings. The predicted molar refractivity (Wildman–Crippen MR) is 178 cm³/mol. The van der Waals surface area contributed by atoms with Crippen molar-refractivity contribution in [2.75, 3.05) is 13.2 Å². The first kappa shape index (κ1) is 31.8. The van der Waals surface area contributed by atoms with Crippen molar-refractivity contribution in [1.82, 2.24) is 15.6 Å². The number of hydrogen-bond donors (Lipinski definition) is 3. The molecule has 0 aliphatic heterocycles. The average Bonchev–Trinajstić information content (AvgIpc) is 3.41. The molecule has 2 amide bonds. The zero-order valence-electron chi connectivity index (χ0n) is 27.1. The van der Waals surface area contributed by atoms with E-state index in [2.05, 4.69) is 20.6 Å². The second-order valence-electron chi connectivity index (χ2n) is 13.8. The van der Waals surface area contributed by atoms with Crippen LogP contribution in [0.4, 0.5) is 10.5 Å². The van der Waals surface area contributed by atoms with E-state index in [1.54, 1.807) is 20.8 Å². The molecule has 4 bridgehead atoms. The number of aromatic nitrogens is 1. The van der Waals surface area contributed by atoms with Crippen molar-refractivity contribution in [2.24, 2.45) is 28.7 Å². The molecule has 4 fully saturated rings. The minimum absolute atomic E-state index is 0.0717. The van der Waals surface area contributed by atoms with Crippen LogP contribution in [-0.4, -0.2) is 53.5 Å². The van der Waals surface area contributed by atoms with Crippen LogP contribution in [-0.2, 0) is 31.9 Å². The summed E-state index contributed by atoms with van der Waals surface area (Å²) in [6.07, 6.45) is 8.18. The number of rotatable bonds is 12. The molecule has 1 atom stereocenters. The third kappa shape index (κ3) is 7.13. The number of fused-ring (bicyclic) bond motifs is 1. The molecule has 0 radical (unpaired) electrons.